The van der Waals surface area contributed by atoms with Gasteiger partial charge in [-0.25, -0.2) is 0 Å². The maximum atomic E-state index is 13.0. The van der Waals surface area contributed by atoms with Crippen LogP contribution < -0.4 is 5.32 Å². The van der Waals surface area contributed by atoms with Crippen LogP contribution in [0.1, 0.15) is 46.6 Å². The van der Waals surface area contributed by atoms with Crippen molar-refractivity contribution in [3.63, 3.8) is 0 Å². The Bertz CT molecular complexity index is 795. The first-order chi connectivity index (χ1) is 12.0. The SMILES string of the molecule is Cc1c(NC(=O)CC(C)C)cccc1C(=O)N1CCc2sccc2C1. The van der Waals surface area contributed by atoms with Crippen LogP contribution in [-0.2, 0) is 17.8 Å². The highest BCUT2D eigenvalue weighted by atomic mass is 32.1. The van der Waals surface area contributed by atoms with Crippen LogP contribution in [-0.4, -0.2) is 23.3 Å². The molecule has 1 aliphatic rings. The van der Waals surface area contributed by atoms with Crippen LogP contribution in [0.3, 0.4) is 0 Å². The second-order valence-corrected chi connectivity index (χ2v) is 7.97. The highest BCUT2D eigenvalue weighted by Crippen LogP contribution is 2.27. The minimum Gasteiger partial charge on any atom is -0.334 e. The predicted molar refractivity (Wildman–Crippen MR) is 102 cm³/mol. The molecule has 1 aromatic heterocycles. The summed E-state index contributed by atoms with van der Waals surface area (Å²) in [6.45, 7) is 7.35. The zero-order valence-electron chi connectivity index (χ0n) is 15.0. The van der Waals surface area contributed by atoms with E-state index in [1.807, 2.05) is 43.9 Å². The van der Waals surface area contributed by atoms with E-state index in [1.165, 1.54) is 10.4 Å². The first-order valence-corrected chi connectivity index (χ1v) is 9.57. The number of rotatable bonds is 4. The molecule has 2 heterocycles. The number of carbonyl (C=O) groups is 2. The van der Waals surface area contributed by atoms with Gasteiger partial charge in [0.05, 0.1) is 0 Å². The lowest BCUT2D eigenvalue weighted by atomic mass is 10.0. The van der Waals surface area contributed by atoms with Gasteiger partial charge in [0.15, 0.2) is 0 Å². The van der Waals surface area contributed by atoms with Crippen molar-refractivity contribution in [2.45, 2.75) is 40.2 Å². The molecule has 0 aliphatic carbocycles. The summed E-state index contributed by atoms with van der Waals surface area (Å²) in [5, 5.41) is 5.04. The minimum absolute atomic E-state index is 0.0106. The molecular formula is C20H24N2O2S. The number of nitrogens with one attached hydrogen (secondary N) is 1. The second kappa shape index (κ2) is 7.40. The van der Waals surface area contributed by atoms with Gasteiger partial charge in [-0.1, -0.05) is 19.9 Å². The van der Waals surface area contributed by atoms with E-state index in [0.29, 0.717) is 24.4 Å². The number of amides is 2. The summed E-state index contributed by atoms with van der Waals surface area (Å²) in [7, 11) is 0. The van der Waals surface area contributed by atoms with Gasteiger partial charge in [-0.3, -0.25) is 9.59 Å². The van der Waals surface area contributed by atoms with E-state index in [-0.39, 0.29) is 11.8 Å². The molecule has 0 bridgehead atoms. The Labute approximate surface area is 152 Å². The van der Waals surface area contributed by atoms with E-state index in [2.05, 4.69) is 16.8 Å². The largest absolute Gasteiger partial charge is 0.334 e. The lowest BCUT2D eigenvalue weighted by Crippen LogP contribution is -2.35. The van der Waals surface area contributed by atoms with E-state index < -0.39 is 0 Å². The molecule has 1 N–H and O–H groups in total. The molecule has 5 heteroatoms. The average Bonchev–Trinajstić information content (AvgIpc) is 3.03. The number of nitrogens with zero attached hydrogens (tertiary/aromatic N) is 1. The first-order valence-electron chi connectivity index (χ1n) is 8.69. The smallest absolute Gasteiger partial charge is 0.254 e. The van der Waals surface area contributed by atoms with Crippen molar-refractivity contribution < 1.29 is 9.59 Å². The van der Waals surface area contributed by atoms with Crippen LogP contribution in [0.5, 0.6) is 0 Å². The highest BCUT2D eigenvalue weighted by Gasteiger charge is 2.24. The molecule has 0 radical (unpaired) electrons. The van der Waals surface area contributed by atoms with E-state index in [9.17, 15) is 9.59 Å². The molecule has 0 saturated heterocycles. The number of carbonyl (C=O) groups excluding carboxylic acids is 2. The molecule has 2 aromatic rings. The van der Waals surface area contributed by atoms with Gasteiger partial charge in [0.1, 0.15) is 0 Å². The summed E-state index contributed by atoms with van der Waals surface area (Å²) >= 11 is 1.77. The summed E-state index contributed by atoms with van der Waals surface area (Å²) in [4.78, 5) is 28.3. The highest BCUT2D eigenvalue weighted by molar-refractivity contribution is 7.10. The average molecular weight is 356 g/mol. The lowest BCUT2D eigenvalue weighted by molar-refractivity contribution is -0.116. The Balaban J connectivity index is 1.77. The molecule has 0 spiro atoms. The normalized spacial score (nSPS) is 13.7. The Kier molecular flexibility index (Phi) is 5.23. The number of benzene rings is 1. The van der Waals surface area contributed by atoms with E-state index in [1.54, 1.807) is 11.3 Å². The van der Waals surface area contributed by atoms with Gasteiger partial charge in [-0.15, -0.1) is 11.3 Å². The molecule has 0 atom stereocenters. The Morgan fingerprint density at radius 2 is 2.08 bits per heavy atom. The molecular weight excluding hydrogens is 332 g/mol. The number of hydrogen-bond acceptors (Lipinski definition) is 3. The quantitative estimate of drug-likeness (QED) is 0.891. The molecule has 1 aliphatic heterocycles. The fourth-order valence-corrected chi connectivity index (χ4v) is 4.06. The van der Waals surface area contributed by atoms with Gasteiger partial charge in [-0.2, -0.15) is 0 Å². The minimum atomic E-state index is -0.0106. The molecule has 132 valence electrons. The fourth-order valence-electron chi connectivity index (χ4n) is 3.17. The molecule has 4 nitrogen and oxygen atoms in total. The van der Waals surface area contributed by atoms with Gasteiger partial charge in [0.25, 0.3) is 5.91 Å². The van der Waals surface area contributed by atoms with Crippen molar-refractivity contribution in [2.24, 2.45) is 5.92 Å². The maximum Gasteiger partial charge on any atom is 0.254 e. The topological polar surface area (TPSA) is 49.4 Å². The third-order valence-corrected chi connectivity index (χ3v) is 5.55. The molecule has 1 aromatic carbocycles. The zero-order chi connectivity index (χ0) is 18.0. The second-order valence-electron chi connectivity index (χ2n) is 6.97. The van der Waals surface area contributed by atoms with Crippen LogP contribution in [0.2, 0.25) is 0 Å². The monoisotopic (exact) mass is 356 g/mol. The number of anilines is 1. The van der Waals surface area contributed by atoms with E-state index in [4.69, 9.17) is 0 Å². The summed E-state index contributed by atoms with van der Waals surface area (Å²) in [6.07, 6.45) is 1.40. The molecule has 0 saturated carbocycles. The molecule has 0 unspecified atom stereocenters. The van der Waals surface area contributed by atoms with Crippen molar-refractivity contribution >= 4 is 28.8 Å². The van der Waals surface area contributed by atoms with Crippen LogP contribution in [0.4, 0.5) is 5.69 Å². The fraction of sp³-hybridized carbons (Fsp3) is 0.400. The lowest BCUT2D eigenvalue weighted by Gasteiger charge is -2.28. The molecule has 25 heavy (non-hydrogen) atoms. The third kappa shape index (κ3) is 3.93. The summed E-state index contributed by atoms with van der Waals surface area (Å²) in [6, 6.07) is 7.65. The van der Waals surface area contributed by atoms with E-state index >= 15 is 0 Å². The van der Waals surface area contributed by atoms with Crippen molar-refractivity contribution in [2.75, 3.05) is 11.9 Å². The number of fused-ring (bicyclic) bond motifs is 1. The number of thiophene rings is 1. The number of hydrogen-bond donors (Lipinski definition) is 1. The van der Waals surface area contributed by atoms with Gasteiger partial charge < -0.3 is 10.2 Å². The van der Waals surface area contributed by atoms with Gasteiger partial charge in [0.2, 0.25) is 5.91 Å². The predicted octanol–water partition coefficient (Wildman–Crippen LogP) is 4.24. The van der Waals surface area contributed by atoms with Crippen molar-refractivity contribution in [3.05, 3.63) is 51.2 Å². The zero-order valence-corrected chi connectivity index (χ0v) is 15.8. The van der Waals surface area contributed by atoms with Crippen LogP contribution in [0.15, 0.2) is 29.6 Å². The van der Waals surface area contributed by atoms with Crippen LogP contribution in [0.25, 0.3) is 0 Å². The standard InChI is InChI=1S/C20H24N2O2S/c1-13(2)11-19(23)21-17-6-4-5-16(14(17)3)20(24)22-9-7-18-15(12-22)8-10-25-18/h4-6,8,10,13H,7,9,11-12H2,1-3H3,(H,21,23). The van der Waals surface area contributed by atoms with Gasteiger partial charge >= 0.3 is 0 Å². The summed E-state index contributed by atoms with van der Waals surface area (Å²) < 4.78 is 0. The Morgan fingerprint density at radius 3 is 2.84 bits per heavy atom. The summed E-state index contributed by atoms with van der Waals surface area (Å²) in [5.41, 5.74) is 3.48. The van der Waals surface area contributed by atoms with E-state index in [0.717, 1.165) is 24.2 Å². The van der Waals surface area contributed by atoms with Crippen LogP contribution >= 0.6 is 11.3 Å². The third-order valence-electron chi connectivity index (χ3n) is 4.53. The van der Waals surface area contributed by atoms with Crippen molar-refractivity contribution in [1.82, 2.24) is 4.90 Å². The van der Waals surface area contributed by atoms with Gasteiger partial charge in [-0.05, 0) is 54.0 Å². The Morgan fingerprint density at radius 1 is 1.28 bits per heavy atom. The summed E-state index contributed by atoms with van der Waals surface area (Å²) in [5.74, 6) is 0.330. The molecule has 0 fully saturated rings. The van der Waals surface area contributed by atoms with Gasteiger partial charge in [0, 0.05) is 35.6 Å². The Hall–Kier alpha value is -2.14. The molecule has 3 rings (SSSR count). The first kappa shape index (κ1) is 17.7. The van der Waals surface area contributed by atoms with Crippen LogP contribution in [0, 0.1) is 12.8 Å². The van der Waals surface area contributed by atoms with Crippen molar-refractivity contribution in [3.8, 4) is 0 Å². The van der Waals surface area contributed by atoms with Crippen molar-refractivity contribution in [1.29, 1.82) is 0 Å². The molecule has 2 amide bonds. The maximum absolute atomic E-state index is 13.0.